The van der Waals surface area contributed by atoms with Crippen molar-refractivity contribution < 1.29 is 18.7 Å². The third-order valence-electron chi connectivity index (χ3n) is 4.41. The van der Waals surface area contributed by atoms with E-state index in [4.69, 9.17) is 26.1 Å². The number of amides is 1. The molecule has 0 unspecified atom stereocenters. The first-order valence-electron chi connectivity index (χ1n) is 9.55. The van der Waals surface area contributed by atoms with Crippen LogP contribution in [0.5, 0.6) is 11.5 Å². The summed E-state index contributed by atoms with van der Waals surface area (Å²) >= 11 is 8.69. The van der Waals surface area contributed by atoms with Gasteiger partial charge in [0.15, 0.2) is 17.3 Å². The molecule has 2 N–H and O–H groups in total. The Morgan fingerprint density at radius 2 is 1.94 bits per heavy atom. The second-order valence-corrected chi connectivity index (χ2v) is 7.92. The Morgan fingerprint density at radius 3 is 2.69 bits per heavy atom. The predicted octanol–water partition coefficient (Wildman–Crippen LogP) is 5.16. The number of hydrogen-bond acceptors (Lipinski definition) is 6. The van der Waals surface area contributed by atoms with Gasteiger partial charge in [0.2, 0.25) is 5.89 Å². The van der Waals surface area contributed by atoms with E-state index < -0.39 is 0 Å². The maximum atomic E-state index is 12.1. The molecule has 0 saturated carbocycles. The van der Waals surface area contributed by atoms with E-state index in [0.717, 1.165) is 15.8 Å². The van der Waals surface area contributed by atoms with E-state index in [1.807, 2.05) is 36.4 Å². The van der Waals surface area contributed by atoms with Crippen LogP contribution in [0.25, 0.3) is 22.6 Å². The monoisotopic (exact) mass is 511 g/mol. The Hall–Kier alpha value is -3.43. The van der Waals surface area contributed by atoms with Gasteiger partial charge in [0.05, 0.1) is 11.6 Å². The molecule has 0 saturated heterocycles. The molecule has 3 aromatic carbocycles. The van der Waals surface area contributed by atoms with Crippen molar-refractivity contribution in [1.29, 1.82) is 0 Å². The van der Waals surface area contributed by atoms with Gasteiger partial charge < -0.3 is 19.2 Å². The number of anilines is 1. The number of aromatic nitrogens is 1. The number of hydrogen-bond donors (Lipinski definition) is 2. The van der Waals surface area contributed by atoms with Crippen LogP contribution >= 0.6 is 28.1 Å². The number of para-hydroxylation sites is 1. The molecule has 0 fully saturated rings. The number of fused-ring (bicyclic) bond motifs is 1. The highest BCUT2D eigenvalue weighted by Gasteiger charge is 2.12. The fraction of sp³-hybridized carbons (Fsp3) is 0.0870. The third-order valence-corrected chi connectivity index (χ3v) is 5.23. The first kappa shape index (κ1) is 21.8. The molecule has 1 heterocycles. The molecule has 1 aromatic heterocycles. The van der Waals surface area contributed by atoms with E-state index in [1.165, 1.54) is 0 Å². The molecule has 0 bridgehead atoms. The minimum atomic E-state index is -0.360. The van der Waals surface area contributed by atoms with Gasteiger partial charge in [0.1, 0.15) is 17.0 Å². The van der Waals surface area contributed by atoms with Gasteiger partial charge in [0.25, 0.3) is 5.91 Å². The van der Waals surface area contributed by atoms with Crippen molar-refractivity contribution in [2.75, 3.05) is 19.0 Å². The van der Waals surface area contributed by atoms with E-state index in [0.29, 0.717) is 28.4 Å². The predicted molar refractivity (Wildman–Crippen MR) is 130 cm³/mol. The molecule has 32 heavy (non-hydrogen) atoms. The summed E-state index contributed by atoms with van der Waals surface area (Å²) in [5.41, 5.74) is 2.76. The molecular formula is C23H18BrN3O4S. The number of nitrogens with zero attached hydrogens (tertiary/aromatic N) is 1. The minimum Gasteiger partial charge on any atom is -0.496 e. The van der Waals surface area contributed by atoms with Crippen LogP contribution < -0.4 is 20.1 Å². The normalized spacial score (nSPS) is 10.6. The van der Waals surface area contributed by atoms with E-state index in [9.17, 15) is 4.79 Å². The summed E-state index contributed by atoms with van der Waals surface area (Å²) in [5, 5.41) is 5.73. The van der Waals surface area contributed by atoms with Crippen molar-refractivity contribution in [3.63, 3.8) is 0 Å². The van der Waals surface area contributed by atoms with E-state index in [1.54, 1.807) is 37.4 Å². The Morgan fingerprint density at radius 1 is 1.12 bits per heavy atom. The average molecular weight is 512 g/mol. The number of carbonyl (C=O) groups excluding carboxylic acids is 1. The van der Waals surface area contributed by atoms with Crippen LogP contribution in [0.4, 0.5) is 5.69 Å². The SMILES string of the molecule is COc1ccc(-c2nc3cc(NC(=S)NC(=O)COc4ccccc4)ccc3o2)cc1Br. The van der Waals surface area contributed by atoms with Crippen LogP contribution in [-0.4, -0.2) is 29.7 Å². The molecule has 1 amide bonds. The van der Waals surface area contributed by atoms with Gasteiger partial charge in [-0.05, 0) is 76.7 Å². The standard InChI is InChI=1S/C23H18BrN3O4S/c1-29-19-9-7-14(11-17(19)24)22-26-18-12-15(8-10-20(18)31-22)25-23(32)27-21(28)13-30-16-5-3-2-4-6-16/h2-12H,13H2,1H3,(H2,25,27,28,32). The lowest BCUT2D eigenvalue weighted by molar-refractivity contribution is -0.121. The van der Waals surface area contributed by atoms with Crippen molar-refractivity contribution in [1.82, 2.24) is 10.3 Å². The lowest BCUT2D eigenvalue weighted by Crippen LogP contribution is -2.37. The van der Waals surface area contributed by atoms with Crippen molar-refractivity contribution in [3.8, 4) is 23.0 Å². The molecule has 4 rings (SSSR count). The maximum Gasteiger partial charge on any atom is 0.264 e. The topological polar surface area (TPSA) is 85.6 Å². The molecule has 0 radical (unpaired) electrons. The summed E-state index contributed by atoms with van der Waals surface area (Å²) in [7, 11) is 1.61. The Kier molecular flexibility index (Phi) is 6.67. The molecular weight excluding hydrogens is 494 g/mol. The van der Waals surface area contributed by atoms with Crippen molar-refractivity contribution in [3.05, 3.63) is 71.2 Å². The zero-order valence-electron chi connectivity index (χ0n) is 16.9. The van der Waals surface area contributed by atoms with Crippen LogP contribution in [-0.2, 0) is 4.79 Å². The molecule has 162 valence electrons. The number of methoxy groups -OCH3 is 1. The highest BCUT2D eigenvalue weighted by Crippen LogP contribution is 2.32. The molecule has 7 nitrogen and oxygen atoms in total. The number of oxazole rings is 1. The molecule has 9 heteroatoms. The summed E-state index contributed by atoms with van der Waals surface area (Å²) in [6, 6.07) is 20.0. The number of thiocarbonyl (C=S) groups is 1. The van der Waals surface area contributed by atoms with Crippen molar-refractivity contribution in [2.45, 2.75) is 0 Å². The summed E-state index contributed by atoms with van der Waals surface area (Å²) in [4.78, 5) is 16.6. The second kappa shape index (κ2) is 9.80. The van der Waals surface area contributed by atoms with Gasteiger partial charge in [-0.25, -0.2) is 4.98 Å². The number of rotatable bonds is 6. The number of carbonyl (C=O) groups is 1. The third kappa shape index (κ3) is 5.24. The smallest absolute Gasteiger partial charge is 0.264 e. The molecule has 0 aliphatic carbocycles. The molecule has 4 aromatic rings. The highest BCUT2D eigenvalue weighted by molar-refractivity contribution is 9.10. The lowest BCUT2D eigenvalue weighted by Gasteiger charge is -2.10. The van der Waals surface area contributed by atoms with Crippen LogP contribution in [0.3, 0.4) is 0 Å². The van der Waals surface area contributed by atoms with Crippen LogP contribution in [0, 0.1) is 0 Å². The lowest BCUT2D eigenvalue weighted by atomic mass is 10.2. The van der Waals surface area contributed by atoms with E-state index >= 15 is 0 Å². The number of ether oxygens (including phenoxy) is 2. The number of nitrogens with one attached hydrogen (secondary N) is 2. The van der Waals surface area contributed by atoms with Crippen LogP contribution in [0.2, 0.25) is 0 Å². The molecule has 0 aliphatic heterocycles. The van der Waals surface area contributed by atoms with Crippen LogP contribution in [0.1, 0.15) is 0 Å². The Balaban J connectivity index is 1.39. The van der Waals surface area contributed by atoms with Crippen LogP contribution in [0.15, 0.2) is 75.6 Å². The fourth-order valence-electron chi connectivity index (χ4n) is 2.92. The molecule has 0 atom stereocenters. The van der Waals surface area contributed by atoms with Gasteiger partial charge in [0, 0.05) is 11.3 Å². The minimum absolute atomic E-state index is 0.144. The van der Waals surface area contributed by atoms with E-state index in [2.05, 4.69) is 31.5 Å². The quantitative estimate of drug-likeness (QED) is 0.346. The molecule has 0 aliphatic rings. The van der Waals surface area contributed by atoms with Gasteiger partial charge in [-0.2, -0.15) is 0 Å². The number of benzene rings is 3. The average Bonchev–Trinajstić information content (AvgIpc) is 3.22. The maximum absolute atomic E-state index is 12.1. The van der Waals surface area contributed by atoms with Crippen molar-refractivity contribution in [2.24, 2.45) is 0 Å². The molecule has 0 spiro atoms. The largest absolute Gasteiger partial charge is 0.496 e. The summed E-state index contributed by atoms with van der Waals surface area (Å²) in [6.07, 6.45) is 0. The number of halogens is 1. The summed E-state index contributed by atoms with van der Waals surface area (Å²) in [5.74, 6) is 1.45. The Labute approximate surface area is 197 Å². The van der Waals surface area contributed by atoms with Gasteiger partial charge in [-0.1, -0.05) is 18.2 Å². The second-order valence-electron chi connectivity index (χ2n) is 6.65. The Bertz CT molecular complexity index is 1280. The van der Waals surface area contributed by atoms with Gasteiger partial charge in [-0.15, -0.1) is 0 Å². The van der Waals surface area contributed by atoms with E-state index in [-0.39, 0.29) is 17.6 Å². The van der Waals surface area contributed by atoms with Gasteiger partial charge >= 0.3 is 0 Å². The zero-order chi connectivity index (χ0) is 22.5. The summed E-state index contributed by atoms with van der Waals surface area (Å²) in [6.45, 7) is -0.144. The zero-order valence-corrected chi connectivity index (χ0v) is 19.3. The van der Waals surface area contributed by atoms with Gasteiger partial charge in [-0.3, -0.25) is 10.1 Å². The summed E-state index contributed by atoms with van der Waals surface area (Å²) < 4.78 is 17.3. The first-order chi connectivity index (χ1) is 15.5. The highest BCUT2D eigenvalue weighted by atomic mass is 79.9. The fourth-order valence-corrected chi connectivity index (χ4v) is 3.69. The first-order valence-corrected chi connectivity index (χ1v) is 10.7. The van der Waals surface area contributed by atoms with Crippen molar-refractivity contribution >= 4 is 56.0 Å².